The predicted octanol–water partition coefficient (Wildman–Crippen LogP) is 4.01. The summed E-state index contributed by atoms with van der Waals surface area (Å²) in [6.07, 6.45) is 4.47. The van der Waals surface area contributed by atoms with Crippen LogP contribution in [0.15, 0.2) is 49.8 Å². The molecule has 10 heteroatoms. The van der Waals surface area contributed by atoms with Crippen molar-refractivity contribution >= 4 is 53.8 Å². The number of thiophene rings is 1. The van der Waals surface area contributed by atoms with Crippen molar-refractivity contribution in [1.82, 2.24) is 9.13 Å². The number of rotatable bonds is 8. The smallest absolute Gasteiger partial charge is 0.291 e. The number of nitrogens with zero attached hydrogens (tertiary/aromatic N) is 2. The number of carbonyl (C=O) groups is 1. The third-order valence-electron chi connectivity index (χ3n) is 6.15. The number of para-hydroxylation sites is 1. The van der Waals surface area contributed by atoms with E-state index in [1.54, 1.807) is 36.4 Å². The van der Waals surface area contributed by atoms with Crippen molar-refractivity contribution in [3.8, 4) is 0 Å². The molecule has 33 heavy (non-hydrogen) atoms. The quantitative estimate of drug-likeness (QED) is 0.393. The van der Waals surface area contributed by atoms with E-state index in [0.29, 0.717) is 28.6 Å². The highest BCUT2D eigenvalue weighted by atomic mass is 79.9. The first-order valence-electron chi connectivity index (χ1n) is 11.0. The molecule has 176 valence electrons. The fraction of sp³-hybridized carbons (Fsp3) is 0.435. The second-order valence-corrected chi connectivity index (χ2v) is 13.2. The lowest BCUT2D eigenvalue weighted by Crippen LogP contribution is -2.41. The summed E-state index contributed by atoms with van der Waals surface area (Å²) in [5.74, 6) is -0.290. The second kappa shape index (κ2) is 10.1. The van der Waals surface area contributed by atoms with Crippen LogP contribution in [0.5, 0.6) is 0 Å². The van der Waals surface area contributed by atoms with Crippen LogP contribution >= 0.6 is 27.3 Å². The molecule has 0 N–H and O–H groups in total. The molecule has 2 aromatic heterocycles. The molecular weight excluding hydrogens is 528 g/mol. The second-order valence-electron chi connectivity index (χ2n) is 8.35. The van der Waals surface area contributed by atoms with Gasteiger partial charge in [0.15, 0.2) is 15.6 Å². The Morgan fingerprint density at radius 2 is 1.76 bits per heavy atom. The largest absolute Gasteiger partial charge is 0.331 e. The van der Waals surface area contributed by atoms with E-state index < -0.39 is 21.1 Å². The Morgan fingerprint density at radius 1 is 1.03 bits per heavy atom. The molecule has 1 aliphatic carbocycles. The third-order valence-corrected chi connectivity index (χ3v) is 10.2. The molecule has 0 unspecified atom stereocenters. The number of ketones is 1. The van der Waals surface area contributed by atoms with Crippen LogP contribution in [0.3, 0.4) is 0 Å². The molecule has 0 aliphatic heterocycles. The van der Waals surface area contributed by atoms with E-state index in [1.165, 1.54) is 15.9 Å². The van der Waals surface area contributed by atoms with E-state index in [-0.39, 0.29) is 36.3 Å². The summed E-state index contributed by atoms with van der Waals surface area (Å²) >= 11 is 4.62. The van der Waals surface area contributed by atoms with Crippen molar-refractivity contribution in [3.05, 3.63) is 65.9 Å². The minimum atomic E-state index is -3.27. The average Bonchev–Trinajstić information content (AvgIpc) is 3.26. The Balaban J connectivity index is 1.62. The van der Waals surface area contributed by atoms with Crippen LogP contribution in [0.25, 0.3) is 10.9 Å². The topological polar surface area (TPSA) is 95.2 Å². The standard InChI is InChI=1S/C23H25BrN2O5S2/c24-21-12-11-20(32-21)19(27)15-26-18-10-5-4-9-17(18)22(28)25(23(26)29)13-6-14-33(30,31)16-7-2-1-3-8-16/h4-5,9-12,16H,1-3,6-8,13-15H2. The van der Waals surface area contributed by atoms with Gasteiger partial charge in [-0.05, 0) is 59.5 Å². The summed E-state index contributed by atoms with van der Waals surface area (Å²) in [4.78, 5) is 39.6. The van der Waals surface area contributed by atoms with Gasteiger partial charge in [0.1, 0.15) is 0 Å². The Bertz CT molecular complexity index is 1400. The van der Waals surface area contributed by atoms with Gasteiger partial charge in [-0.15, -0.1) is 11.3 Å². The maximum Gasteiger partial charge on any atom is 0.331 e. The van der Waals surface area contributed by atoms with Crippen molar-refractivity contribution in [1.29, 1.82) is 0 Å². The van der Waals surface area contributed by atoms with Crippen LogP contribution in [0, 0.1) is 0 Å². The lowest BCUT2D eigenvalue weighted by molar-refractivity contribution is 0.0975. The highest BCUT2D eigenvalue weighted by molar-refractivity contribution is 9.11. The van der Waals surface area contributed by atoms with Gasteiger partial charge in [0, 0.05) is 6.54 Å². The average molecular weight is 554 g/mol. The molecule has 0 saturated heterocycles. The Morgan fingerprint density at radius 3 is 2.45 bits per heavy atom. The molecule has 1 aromatic carbocycles. The molecule has 1 saturated carbocycles. The monoisotopic (exact) mass is 552 g/mol. The maximum atomic E-state index is 13.3. The first kappa shape index (κ1) is 24.1. The van der Waals surface area contributed by atoms with Gasteiger partial charge >= 0.3 is 5.69 Å². The molecule has 1 fully saturated rings. The molecule has 0 spiro atoms. The van der Waals surface area contributed by atoms with Crippen molar-refractivity contribution in [2.75, 3.05) is 5.75 Å². The zero-order valence-electron chi connectivity index (χ0n) is 18.0. The van der Waals surface area contributed by atoms with E-state index in [4.69, 9.17) is 0 Å². The van der Waals surface area contributed by atoms with E-state index in [2.05, 4.69) is 15.9 Å². The Hall–Kier alpha value is -2.04. The van der Waals surface area contributed by atoms with Crippen LogP contribution in [-0.2, 0) is 22.9 Å². The molecule has 0 atom stereocenters. The van der Waals surface area contributed by atoms with Gasteiger partial charge in [-0.3, -0.25) is 18.7 Å². The number of Topliss-reactive ketones (excluding diaryl/α,β-unsaturated/α-hetero) is 1. The van der Waals surface area contributed by atoms with Crippen molar-refractivity contribution in [2.45, 2.75) is 56.9 Å². The molecule has 2 heterocycles. The molecule has 0 amide bonds. The minimum Gasteiger partial charge on any atom is -0.291 e. The number of sulfone groups is 1. The summed E-state index contributed by atoms with van der Waals surface area (Å²) in [6, 6.07) is 10.1. The SMILES string of the molecule is O=C(Cn1c(=O)n(CCCS(=O)(=O)C2CCCCC2)c(=O)c2ccccc21)c1ccc(Br)s1. The molecule has 4 rings (SSSR count). The minimum absolute atomic E-state index is 0.00675. The number of benzene rings is 1. The molecule has 1 aliphatic rings. The number of hydrogen-bond acceptors (Lipinski definition) is 6. The fourth-order valence-electron chi connectivity index (χ4n) is 4.42. The van der Waals surface area contributed by atoms with Gasteiger partial charge in [-0.25, -0.2) is 13.2 Å². The summed E-state index contributed by atoms with van der Waals surface area (Å²) < 4.78 is 28.6. The number of aromatic nitrogens is 2. The molecule has 0 radical (unpaired) electrons. The Labute approximate surface area is 204 Å². The van der Waals surface area contributed by atoms with Gasteiger partial charge in [0.05, 0.1) is 37.1 Å². The number of fused-ring (bicyclic) bond motifs is 1. The van der Waals surface area contributed by atoms with E-state index in [1.807, 2.05) is 0 Å². The molecule has 3 aromatic rings. The summed E-state index contributed by atoms with van der Waals surface area (Å²) in [5.41, 5.74) is -0.673. The fourth-order valence-corrected chi connectivity index (χ4v) is 7.65. The van der Waals surface area contributed by atoms with Gasteiger partial charge in [-0.2, -0.15) is 0 Å². The molecule has 7 nitrogen and oxygen atoms in total. The van der Waals surface area contributed by atoms with Crippen LogP contribution in [0.2, 0.25) is 0 Å². The van der Waals surface area contributed by atoms with Crippen LogP contribution in [0.1, 0.15) is 48.2 Å². The summed E-state index contributed by atoms with van der Waals surface area (Å²) in [7, 11) is -3.27. The highest BCUT2D eigenvalue weighted by Gasteiger charge is 2.27. The van der Waals surface area contributed by atoms with E-state index in [0.717, 1.165) is 27.6 Å². The van der Waals surface area contributed by atoms with E-state index >= 15 is 0 Å². The number of hydrogen-bond donors (Lipinski definition) is 0. The lowest BCUT2D eigenvalue weighted by atomic mass is 10.0. The first-order valence-corrected chi connectivity index (χ1v) is 14.3. The van der Waals surface area contributed by atoms with Gasteiger partial charge in [0.2, 0.25) is 0 Å². The van der Waals surface area contributed by atoms with Crippen molar-refractivity contribution < 1.29 is 13.2 Å². The lowest BCUT2D eigenvalue weighted by Gasteiger charge is -2.21. The Kier molecular flexibility index (Phi) is 7.35. The van der Waals surface area contributed by atoms with Crippen molar-refractivity contribution in [3.63, 3.8) is 0 Å². The molecular formula is C23H25BrN2O5S2. The first-order chi connectivity index (χ1) is 15.8. The summed E-state index contributed by atoms with van der Waals surface area (Å²) in [5, 5.41) is 0.00590. The highest BCUT2D eigenvalue weighted by Crippen LogP contribution is 2.25. The van der Waals surface area contributed by atoms with Gasteiger partial charge in [0.25, 0.3) is 5.56 Å². The number of halogens is 1. The van der Waals surface area contributed by atoms with E-state index in [9.17, 15) is 22.8 Å². The van der Waals surface area contributed by atoms with Crippen molar-refractivity contribution in [2.24, 2.45) is 0 Å². The van der Waals surface area contributed by atoms with Crippen LogP contribution < -0.4 is 11.2 Å². The zero-order chi connectivity index (χ0) is 23.6. The third kappa shape index (κ3) is 5.22. The maximum absolute atomic E-state index is 13.3. The van der Waals surface area contributed by atoms with Crippen LogP contribution in [-0.4, -0.2) is 34.3 Å². The zero-order valence-corrected chi connectivity index (χ0v) is 21.3. The normalized spacial score (nSPS) is 15.2. The molecule has 0 bridgehead atoms. The van der Waals surface area contributed by atoms with Crippen LogP contribution in [0.4, 0.5) is 0 Å². The van der Waals surface area contributed by atoms with Gasteiger partial charge in [-0.1, -0.05) is 31.4 Å². The van der Waals surface area contributed by atoms with Gasteiger partial charge < -0.3 is 0 Å². The predicted molar refractivity (Wildman–Crippen MR) is 134 cm³/mol. The summed E-state index contributed by atoms with van der Waals surface area (Å²) in [6.45, 7) is -0.208. The number of carbonyl (C=O) groups excluding carboxylic acids is 1.